The molecule has 0 aliphatic carbocycles. The molecule has 1 aromatic heterocycles. The normalized spacial score (nSPS) is 18.8. The molecule has 28 heavy (non-hydrogen) atoms. The van der Waals surface area contributed by atoms with Gasteiger partial charge in [-0.05, 0) is 29.7 Å². The van der Waals surface area contributed by atoms with Crippen molar-refractivity contribution in [1.29, 1.82) is 0 Å². The number of hydrogen-bond donors (Lipinski definition) is 0. The predicted octanol–water partition coefficient (Wildman–Crippen LogP) is 4.01. The number of amides is 1. The Hall–Kier alpha value is -3.15. The summed E-state index contributed by atoms with van der Waals surface area (Å²) < 4.78 is 7.15. The van der Waals surface area contributed by atoms with E-state index in [9.17, 15) is 4.79 Å². The molecule has 0 fully saturated rings. The molecule has 0 spiro atoms. The lowest BCUT2D eigenvalue weighted by Gasteiger charge is -2.39. The molecule has 2 heterocycles. The van der Waals surface area contributed by atoms with Crippen LogP contribution in [0.1, 0.15) is 43.5 Å². The monoisotopic (exact) mass is 376 g/mol. The fourth-order valence-electron chi connectivity index (χ4n) is 3.79. The maximum absolute atomic E-state index is 13.1. The zero-order valence-corrected chi connectivity index (χ0v) is 16.3. The summed E-state index contributed by atoms with van der Waals surface area (Å²) in [5.74, 6) is 1.33. The van der Waals surface area contributed by atoms with E-state index in [0.29, 0.717) is 5.95 Å². The van der Waals surface area contributed by atoms with Crippen molar-refractivity contribution < 1.29 is 9.53 Å². The van der Waals surface area contributed by atoms with Gasteiger partial charge in [-0.25, -0.2) is 4.68 Å². The van der Waals surface area contributed by atoms with E-state index < -0.39 is 0 Å². The maximum Gasteiger partial charge on any atom is 0.232 e. The minimum absolute atomic E-state index is 0.00942. The van der Waals surface area contributed by atoms with Crippen molar-refractivity contribution in [3.05, 3.63) is 72.1 Å². The van der Waals surface area contributed by atoms with Crippen LogP contribution in [-0.2, 0) is 4.79 Å². The van der Waals surface area contributed by atoms with E-state index >= 15 is 0 Å². The number of carbonyl (C=O) groups is 1. The summed E-state index contributed by atoms with van der Waals surface area (Å²) in [7, 11) is 1.66. The average molecular weight is 376 g/mol. The Bertz CT molecular complexity index is 950. The molecule has 6 heteroatoms. The Kier molecular flexibility index (Phi) is 4.86. The molecule has 0 saturated heterocycles. The smallest absolute Gasteiger partial charge is 0.232 e. The molecule has 4 rings (SSSR count). The topological polar surface area (TPSA) is 60.2 Å². The van der Waals surface area contributed by atoms with Gasteiger partial charge in [0.15, 0.2) is 0 Å². The van der Waals surface area contributed by atoms with E-state index in [-0.39, 0.29) is 23.9 Å². The largest absolute Gasteiger partial charge is 0.497 e. The molecule has 144 valence electrons. The lowest BCUT2D eigenvalue weighted by molar-refractivity contribution is -0.122. The van der Waals surface area contributed by atoms with Gasteiger partial charge >= 0.3 is 0 Å². The highest BCUT2D eigenvalue weighted by atomic mass is 16.5. The van der Waals surface area contributed by atoms with Gasteiger partial charge < -0.3 is 4.74 Å². The molecular weight excluding hydrogens is 352 g/mol. The molecule has 0 unspecified atom stereocenters. The number of aromatic nitrogens is 3. The number of rotatable bonds is 4. The van der Waals surface area contributed by atoms with Crippen LogP contribution in [0.4, 0.5) is 5.95 Å². The molecule has 2 aromatic carbocycles. The third kappa shape index (κ3) is 3.15. The van der Waals surface area contributed by atoms with Gasteiger partial charge in [-0.3, -0.25) is 9.69 Å². The minimum atomic E-state index is -0.131. The van der Waals surface area contributed by atoms with E-state index in [0.717, 1.165) is 23.3 Å². The Morgan fingerprint density at radius 3 is 2.36 bits per heavy atom. The minimum Gasteiger partial charge on any atom is -0.497 e. The first-order valence-electron chi connectivity index (χ1n) is 9.51. The number of carbonyl (C=O) groups excluding carboxylic acids is 1. The van der Waals surface area contributed by atoms with Gasteiger partial charge in [0.05, 0.1) is 19.2 Å². The molecule has 2 atom stereocenters. The molecule has 1 aliphatic rings. The highest BCUT2D eigenvalue weighted by Crippen LogP contribution is 2.42. The summed E-state index contributed by atoms with van der Waals surface area (Å²) in [6.07, 6.45) is 2.25. The highest BCUT2D eigenvalue weighted by molar-refractivity contribution is 5.94. The zero-order valence-electron chi connectivity index (χ0n) is 16.3. The van der Waals surface area contributed by atoms with Crippen molar-refractivity contribution in [2.24, 2.45) is 5.92 Å². The molecular formula is C22H24N4O2. The number of methoxy groups -OCH3 is 1. The van der Waals surface area contributed by atoms with Crippen LogP contribution >= 0.6 is 0 Å². The fourth-order valence-corrected chi connectivity index (χ4v) is 3.79. The summed E-state index contributed by atoms with van der Waals surface area (Å²) in [5.41, 5.74) is 2.22. The lowest BCUT2D eigenvalue weighted by Crippen LogP contribution is -2.44. The first kappa shape index (κ1) is 18.2. The number of benzene rings is 2. The van der Waals surface area contributed by atoms with E-state index in [1.54, 1.807) is 7.11 Å². The Morgan fingerprint density at radius 1 is 1.04 bits per heavy atom. The van der Waals surface area contributed by atoms with Crippen LogP contribution in [0.25, 0.3) is 0 Å². The number of ether oxygens (including phenoxy) is 1. The lowest BCUT2D eigenvalue weighted by atomic mass is 9.91. The summed E-state index contributed by atoms with van der Waals surface area (Å²) >= 11 is 0. The van der Waals surface area contributed by atoms with Gasteiger partial charge in [-0.1, -0.05) is 56.3 Å². The van der Waals surface area contributed by atoms with Crippen molar-refractivity contribution in [3.8, 4) is 5.75 Å². The molecule has 1 aliphatic heterocycles. The summed E-state index contributed by atoms with van der Waals surface area (Å²) in [6.45, 7) is 3.83. The Morgan fingerprint density at radius 2 is 1.71 bits per heavy atom. The molecule has 0 radical (unpaired) electrons. The maximum atomic E-state index is 13.1. The molecule has 0 bridgehead atoms. The van der Waals surface area contributed by atoms with Crippen LogP contribution in [0.5, 0.6) is 5.75 Å². The molecule has 0 N–H and O–H groups in total. The number of hydrogen-bond acceptors (Lipinski definition) is 4. The third-order valence-corrected chi connectivity index (χ3v) is 5.24. The third-order valence-electron chi connectivity index (χ3n) is 5.24. The van der Waals surface area contributed by atoms with Crippen LogP contribution in [0, 0.1) is 5.92 Å². The second-order valence-electron chi connectivity index (χ2n) is 7.32. The molecule has 3 aromatic rings. The Labute approximate surface area is 164 Å². The van der Waals surface area contributed by atoms with E-state index in [1.165, 1.54) is 6.33 Å². The van der Waals surface area contributed by atoms with Crippen LogP contribution in [-0.4, -0.2) is 27.8 Å². The standard InChI is InChI=1S/C22H24N4O2/c1-15(2)21(27)25-19(16-7-5-4-6-8-16)13-20(26-22(25)23-14-24-26)17-9-11-18(28-3)12-10-17/h4-12,14-15,19-20H,13H2,1-3H3/t19-,20-/m1/s1. The van der Waals surface area contributed by atoms with Crippen molar-refractivity contribution in [2.75, 3.05) is 12.0 Å². The van der Waals surface area contributed by atoms with Gasteiger partial charge in [0.2, 0.25) is 11.9 Å². The van der Waals surface area contributed by atoms with Crippen LogP contribution in [0.2, 0.25) is 0 Å². The molecule has 6 nitrogen and oxygen atoms in total. The summed E-state index contributed by atoms with van der Waals surface area (Å²) in [5, 5.41) is 4.46. The van der Waals surface area contributed by atoms with Crippen molar-refractivity contribution in [2.45, 2.75) is 32.4 Å². The van der Waals surface area contributed by atoms with Gasteiger partial charge in [-0.2, -0.15) is 10.1 Å². The highest BCUT2D eigenvalue weighted by Gasteiger charge is 2.39. The van der Waals surface area contributed by atoms with E-state index in [1.807, 2.05) is 53.8 Å². The van der Waals surface area contributed by atoms with Crippen LogP contribution < -0.4 is 9.64 Å². The summed E-state index contributed by atoms with van der Waals surface area (Å²) in [6, 6.07) is 18.1. The van der Waals surface area contributed by atoms with Gasteiger partial charge in [-0.15, -0.1) is 0 Å². The van der Waals surface area contributed by atoms with Crippen molar-refractivity contribution in [3.63, 3.8) is 0 Å². The van der Waals surface area contributed by atoms with Crippen molar-refractivity contribution in [1.82, 2.24) is 14.8 Å². The molecule has 0 saturated carbocycles. The number of anilines is 1. The zero-order chi connectivity index (χ0) is 19.7. The second-order valence-corrected chi connectivity index (χ2v) is 7.32. The molecule has 1 amide bonds. The first-order chi connectivity index (χ1) is 13.6. The predicted molar refractivity (Wildman–Crippen MR) is 107 cm³/mol. The van der Waals surface area contributed by atoms with Gasteiger partial charge in [0, 0.05) is 5.92 Å². The fraction of sp³-hybridized carbons (Fsp3) is 0.318. The summed E-state index contributed by atoms with van der Waals surface area (Å²) in [4.78, 5) is 19.4. The van der Waals surface area contributed by atoms with E-state index in [4.69, 9.17) is 4.74 Å². The quantitative estimate of drug-likeness (QED) is 0.690. The number of nitrogens with zero attached hydrogens (tertiary/aromatic N) is 4. The van der Waals surface area contributed by atoms with Gasteiger partial charge in [0.25, 0.3) is 0 Å². The second kappa shape index (κ2) is 7.46. The van der Waals surface area contributed by atoms with Crippen LogP contribution in [0.15, 0.2) is 60.9 Å². The van der Waals surface area contributed by atoms with Crippen molar-refractivity contribution >= 4 is 11.9 Å². The first-order valence-corrected chi connectivity index (χ1v) is 9.51. The van der Waals surface area contributed by atoms with E-state index in [2.05, 4.69) is 34.3 Å². The number of fused-ring (bicyclic) bond motifs is 1. The SMILES string of the molecule is COc1ccc([C@H]2C[C@H](c3ccccc3)N(C(=O)C(C)C)c3ncnn32)cc1. The Balaban J connectivity index is 1.82. The van der Waals surface area contributed by atoms with Gasteiger partial charge in [0.1, 0.15) is 12.1 Å². The van der Waals surface area contributed by atoms with Crippen LogP contribution in [0.3, 0.4) is 0 Å². The average Bonchev–Trinajstić information content (AvgIpc) is 3.22.